The Hall–Kier alpha value is -2.08. The standard InChI is InChI=1S/C19H29N3O3/c1-2-25-15-18(23)20-11-7-3-4-8-12-21-19(24)22-13-16-9-5-6-10-17(16)14-22/h5-6,9-10H,2-4,7-8,11-15H2,1H3,(H,20,23)(H,21,24). The number of unbranched alkanes of at least 4 members (excludes halogenated alkanes) is 3. The molecular formula is C19H29N3O3. The summed E-state index contributed by atoms with van der Waals surface area (Å²) in [6, 6.07) is 8.20. The summed E-state index contributed by atoms with van der Waals surface area (Å²) in [5, 5.41) is 5.82. The van der Waals surface area contributed by atoms with Gasteiger partial charge in [-0.2, -0.15) is 0 Å². The smallest absolute Gasteiger partial charge is 0.318 e. The molecule has 0 aromatic heterocycles. The van der Waals surface area contributed by atoms with Crippen LogP contribution in [-0.4, -0.2) is 43.1 Å². The largest absolute Gasteiger partial charge is 0.372 e. The van der Waals surface area contributed by atoms with Crippen LogP contribution in [0.4, 0.5) is 4.79 Å². The molecule has 0 radical (unpaired) electrons. The van der Waals surface area contributed by atoms with E-state index in [1.807, 2.05) is 24.0 Å². The molecule has 0 bridgehead atoms. The molecule has 138 valence electrons. The number of rotatable bonds is 10. The number of urea groups is 1. The average Bonchev–Trinajstić information content (AvgIpc) is 3.06. The lowest BCUT2D eigenvalue weighted by Gasteiger charge is -2.16. The van der Waals surface area contributed by atoms with Crippen molar-refractivity contribution in [2.45, 2.75) is 45.7 Å². The third kappa shape index (κ3) is 6.74. The van der Waals surface area contributed by atoms with Gasteiger partial charge in [0.25, 0.3) is 0 Å². The fraction of sp³-hybridized carbons (Fsp3) is 0.579. The van der Waals surface area contributed by atoms with Crippen molar-refractivity contribution in [1.82, 2.24) is 15.5 Å². The van der Waals surface area contributed by atoms with Crippen LogP contribution in [0.1, 0.15) is 43.7 Å². The summed E-state index contributed by atoms with van der Waals surface area (Å²) in [5.74, 6) is -0.0549. The van der Waals surface area contributed by atoms with Crippen LogP contribution < -0.4 is 10.6 Å². The Morgan fingerprint density at radius 2 is 1.60 bits per heavy atom. The second kappa shape index (κ2) is 10.7. The second-order valence-corrected chi connectivity index (χ2v) is 6.26. The summed E-state index contributed by atoms with van der Waals surface area (Å²) in [5.41, 5.74) is 2.48. The van der Waals surface area contributed by atoms with Gasteiger partial charge >= 0.3 is 6.03 Å². The first kappa shape index (κ1) is 19.2. The van der Waals surface area contributed by atoms with Crippen molar-refractivity contribution in [3.8, 4) is 0 Å². The molecule has 0 saturated carbocycles. The van der Waals surface area contributed by atoms with E-state index in [2.05, 4.69) is 22.8 Å². The number of hydrogen-bond acceptors (Lipinski definition) is 3. The van der Waals surface area contributed by atoms with E-state index in [9.17, 15) is 9.59 Å². The summed E-state index contributed by atoms with van der Waals surface area (Å²) >= 11 is 0. The van der Waals surface area contributed by atoms with Gasteiger partial charge in [-0.1, -0.05) is 37.1 Å². The van der Waals surface area contributed by atoms with Crippen LogP contribution in [0, 0.1) is 0 Å². The number of nitrogens with zero attached hydrogens (tertiary/aromatic N) is 1. The topological polar surface area (TPSA) is 70.7 Å². The van der Waals surface area contributed by atoms with Gasteiger partial charge in [0.05, 0.1) is 0 Å². The van der Waals surface area contributed by atoms with E-state index < -0.39 is 0 Å². The number of amides is 3. The Bertz CT molecular complexity index is 538. The van der Waals surface area contributed by atoms with Crippen LogP contribution in [0.2, 0.25) is 0 Å². The molecule has 6 heteroatoms. The highest BCUT2D eigenvalue weighted by atomic mass is 16.5. The molecule has 1 aliphatic rings. The van der Waals surface area contributed by atoms with Crippen molar-refractivity contribution in [3.05, 3.63) is 35.4 Å². The van der Waals surface area contributed by atoms with Crippen molar-refractivity contribution in [1.29, 1.82) is 0 Å². The van der Waals surface area contributed by atoms with Crippen molar-refractivity contribution in [2.24, 2.45) is 0 Å². The molecule has 2 N–H and O–H groups in total. The van der Waals surface area contributed by atoms with Crippen molar-refractivity contribution < 1.29 is 14.3 Å². The number of benzene rings is 1. The van der Waals surface area contributed by atoms with Crippen LogP contribution in [0.25, 0.3) is 0 Å². The lowest BCUT2D eigenvalue weighted by molar-refractivity contribution is -0.125. The summed E-state index contributed by atoms with van der Waals surface area (Å²) in [4.78, 5) is 25.3. The molecule has 3 amide bonds. The first-order valence-electron chi connectivity index (χ1n) is 9.14. The van der Waals surface area contributed by atoms with Gasteiger partial charge in [-0.3, -0.25) is 4.79 Å². The zero-order valence-electron chi connectivity index (χ0n) is 15.1. The normalized spacial score (nSPS) is 12.8. The van der Waals surface area contributed by atoms with Crippen LogP contribution in [0.3, 0.4) is 0 Å². The minimum absolute atomic E-state index is 0.0133. The van der Waals surface area contributed by atoms with E-state index in [0.29, 0.717) is 32.8 Å². The molecule has 25 heavy (non-hydrogen) atoms. The molecule has 0 saturated heterocycles. The number of carbonyl (C=O) groups is 2. The Morgan fingerprint density at radius 3 is 2.20 bits per heavy atom. The molecule has 1 heterocycles. The molecule has 0 fully saturated rings. The molecule has 1 aromatic carbocycles. The quantitative estimate of drug-likeness (QED) is 0.639. The van der Waals surface area contributed by atoms with E-state index in [4.69, 9.17) is 4.74 Å². The highest BCUT2D eigenvalue weighted by Gasteiger charge is 2.22. The summed E-state index contributed by atoms with van der Waals surface area (Å²) in [6.45, 7) is 5.35. The Morgan fingerprint density at radius 1 is 1.00 bits per heavy atom. The predicted octanol–water partition coefficient (Wildman–Crippen LogP) is 2.42. The van der Waals surface area contributed by atoms with Gasteiger partial charge in [0.15, 0.2) is 0 Å². The van der Waals surface area contributed by atoms with Gasteiger partial charge in [0.1, 0.15) is 6.61 Å². The first-order valence-corrected chi connectivity index (χ1v) is 9.14. The number of fused-ring (bicyclic) bond motifs is 1. The van der Waals surface area contributed by atoms with E-state index in [-0.39, 0.29) is 18.5 Å². The summed E-state index contributed by atoms with van der Waals surface area (Å²) < 4.78 is 5.03. The molecule has 0 spiro atoms. The zero-order valence-corrected chi connectivity index (χ0v) is 15.1. The molecule has 0 atom stereocenters. The number of ether oxygens (including phenoxy) is 1. The Balaban J connectivity index is 1.46. The van der Waals surface area contributed by atoms with Crippen molar-refractivity contribution in [3.63, 3.8) is 0 Å². The third-order valence-corrected chi connectivity index (χ3v) is 4.27. The highest BCUT2D eigenvalue weighted by molar-refractivity contribution is 5.77. The highest BCUT2D eigenvalue weighted by Crippen LogP contribution is 2.21. The average molecular weight is 347 g/mol. The molecule has 1 aliphatic heterocycles. The Labute approximate surface area is 149 Å². The predicted molar refractivity (Wildman–Crippen MR) is 97.1 cm³/mol. The van der Waals surface area contributed by atoms with Crippen LogP contribution >= 0.6 is 0 Å². The third-order valence-electron chi connectivity index (χ3n) is 4.27. The molecule has 1 aromatic rings. The maximum absolute atomic E-state index is 12.2. The Kier molecular flexibility index (Phi) is 8.25. The van der Waals surface area contributed by atoms with Gasteiger partial charge < -0.3 is 20.3 Å². The van der Waals surface area contributed by atoms with Gasteiger partial charge in [0, 0.05) is 32.8 Å². The van der Waals surface area contributed by atoms with Gasteiger partial charge in [-0.05, 0) is 30.9 Å². The summed E-state index contributed by atoms with van der Waals surface area (Å²) in [6.07, 6.45) is 3.99. The monoisotopic (exact) mass is 347 g/mol. The first-order chi connectivity index (χ1) is 12.2. The van der Waals surface area contributed by atoms with E-state index in [1.165, 1.54) is 11.1 Å². The molecular weight excluding hydrogens is 318 g/mol. The van der Waals surface area contributed by atoms with Crippen LogP contribution in [-0.2, 0) is 22.6 Å². The maximum Gasteiger partial charge on any atom is 0.318 e. The molecule has 0 unspecified atom stereocenters. The van der Waals surface area contributed by atoms with Gasteiger partial charge in [-0.25, -0.2) is 4.79 Å². The van der Waals surface area contributed by atoms with Crippen molar-refractivity contribution in [2.75, 3.05) is 26.3 Å². The van der Waals surface area contributed by atoms with Gasteiger partial charge in [-0.15, -0.1) is 0 Å². The van der Waals surface area contributed by atoms with Gasteiger partial charge in [0.2, 0.25) is 5.91 Å². The second-order valence-electron chi connectivity index (χ2n) is 6.26. The minimum Gasteiger partial charge on any atom is -0.372 e. The zero-order chi connectivity index (χ0) is 17.9. The SMILES string of the molecule is CCOCC(=O)NCCCCCCNC(=O)N1Cc2ccccc2C1. The van der Waals surface area contributed by atoms with E-state index in [0.717, 1.165) is 25.7 Å². The fourth-order valence-electron chi connectivity index (χ4n) is 2.86. The maximum atomic E-state index is 12.2. The molecule has 2 rings (SSSR count). The number of carbonyl (C=O) groups excluding carboxylic acids is 2. The number of hydrogen-bond donors (Lipinski definition) is 2. The summed E-state index contributed by atoms with van der Waals surface area (Å²) in [7, 11) is 0. The van der Waals surface area contributed by atoms with Crippen LogP contribution in [0.15, 0.2) is 24.3 Å². The lowest BCUT2D eigenvalue weighted by atomic mass is 10.1. The lowest BCUT2D eigenvalue weighted by Crippen LogP contribution is -2.36. The van der Waals surface area contributed by atoms with E-state index in [1.54, 1.807) is 0 Å². The van der Waals surface area contributed by atoms with E-state index >= 15 is 0 Å². The van der Waals surface area contributed by atoms with Crippen molar-refractivity contribution >= 4 is 11.9 Å². The number of nitrogens with one attached hydrogen (secondary N) is 2. The molecule has 6 nitrogen and oxygen atoms in total. The minimum atomic E-state index is -0.0549. The fourth-order valence-corrected chi connectivity index (χ4v) is 2.86. The molecule has 0 aliphatic carbocycles. The van der Waals surface area contributed by atoms with Crippen LogP contribution in [0.5, 0.6) is 0 Å².